The van der Waals surface area contributed by atoms with Crippen LogP contribution >= 0.6 is 7.75 Å². The van der Waals surface area contributed by atoms with Crippen molar-refractivity contribution >= 4 is 19.3 Å². The number of carbonyl (C=O) groups is 2. The van der Waals surface area contributed by atoms with Crippen LogP contribution in [0.1, 0.15) is 24.8 Å². The Morgan fingerprint density at radius 3 is 2.67 bits per heavy atom. The van der Waals surface area contributed by atoms with Gasteiger partial charge in [-0.2, -0.15) is 0 Å². The third-order valence-corrected chi connectivity index (χ3v) is 4.26. The summed E-state index contributed by atoms with van der Waals surface area (Å²) in [4.78, 5) is 43.2. The fraction of sp³-hybridized carbons (Fsp3) is 0.250. The van der Waals surface area contributed by atoms with Crippen molar-refractivity contribution in [2.75, 3.05) is 0 Å². The fourth-order valence-electron chi connectivity index (χ4n) is 2.70. The second-order valence-corrected chi connectivity index (χ2v) is 6.74. The molecular formula is C16H18NO6P. The number of phenolic OH excluding ortho intramolecular Hbond substituents is 1. The molecule has 4 N–H and O–H groups in total. The molecule has 0 radical (unpaired) electrons. The molecule has 0 bridgehead atoms. The number of aromatic hydroxyl groups is 1. The number of carbonyl (C=O) groups excluding carboxylic acids is 2. The highest BCUT2D eigenvalue weighted by molar-refractivity contribution is 7.49. The highest BCUT2D eigenvalue weighted by Gasteiger charge is 2.37. The third-order valence-electron chi connectivity index (χ3n) is 3.72. The summed E-state index contributed by atoms with van der Waals surface area (Å²) in [6.45, 7) is 1.76. The summed E-state index contributed by atoms with van der Waals surface area (Å²) in [5, 5.41) is 11.5. The summed E-state index contributed by atoms with van der Waals surface area (Å²) in [6.07, 6.45) is 4.21. The predicted molar refractivity (Wildman–Crippen MR) is 87.0 cm³/mol. The molecule has 0 spiro atoms. The third kappa shape index (κ3) is 4.20. The normalized spacial score (nSPS) is 18.9. The van der Waals surface area contributed by atoms with Crippen molar-refractivity contribution in [3.05, 3.63) is 53.8 Å². The van der Waals surface area contributed by atoms with Crippen LogP contribution in [0, 0.1) is 5.92 Å². The van der Waals surface area contributed by atoms with Crippen LogP contribution < -0.4 is 5.09 Å². The van der Waals surface area contributed by atoms with Gasteiger partial charge in [0.1, 0.15) is 11.7 Å². The zero-order valence-electron chi connectivity index (χ0n) is 12.9. The molecule has 0 heterocycles. The van der Waals surface area contributed by atoms with Gasteiger partial charge in [-0.25, -0.2) is 4.57 Å². The highest BCUT2D eigenvalue weighted by atomic mass is 31.2. The Bertz CT molecular complexity index is 764. The van der Waals surface area contributed by atoms with Gasteiger partial charge >= 0.3 is 7.75 Å². The number of benzene rings is 1. The average molecular weight is 351 g/mol. The number of hydrogen-bond acceptors (Lipinski definition) is 4. The first-order valence-corrected chi connectivity index (χ1v) is 8.92. The molecule has 1 aliphatic carbocycles. The van der Waals surface area contributed by atoms with Gasteiger partial charge in [-0.05, 0) is 36.3 Å². The summed E-state index contributed by atoms with van der Waals surface area (Å²) in [7, 11) is -4.65. The molecular weight excluding hydrogens is 333 g/mol. The number of hydrogen-bond donors (Lipinski definition) is 4. The first kappa shape index (κ1) is 18.1. The van der Waals surface area contributed by atoms with Crippen LogP contribution in [0.4, 0.5) is 0 Å². The molecule has 0 fully saturated rings. The zero-order chi connectivity index (χ0) is 17.9. The van der Waals surface area contributed by atoms with Crippen LogP contribution in [0.3, 0.4) is 0 Å². The average Bonchev–Trinajstić information content (AvgIpc) is 2.46. The Labute approximate surface area is 138 Å². The molecule has 8 heteroatoms. The molecule has 0 saturated carbocycles. The fourth-order valence-corrected chi connectivity index (χ4v) is 3.24. The van der Waals surface area contributed by atoms with Crippen molar-refractivity contribution in [2.24, 2.45) is 5.92 Å². The van der Waals surface area contributed by atoms with Crippen LogP contribution in [0.25, 0.3) is 0 Å². The van der Waals surface area contributed by atoms with E-state index in [-0.39, 0.29) is 11.4 Å². The van der Waals surface area contributed by atoms with E-state index in [1.807, 2.05) is 5.09 Å². The molecule has 2 atom stereocenters. The maximum Gasteiger partial charge on any atom is 0.427 e. The number of Topliss-reactive ketones (excluding diaryl/α,β-unsaturated/α-hetero) is 1. The van der Waals surface area contributed by atoms with E-state index >= 15 is 0 Å². The van der Waals surface area contributed by atoms with Crippen molar-refractivity contribution in [3.8, 4) is 5.75 Å². The van der Waals surface area contributed by atoms with Gasteiger partial charge in [-0.3, -0.25) is 14.7 Å². The SMILES string of the molecule is CCC(C(=O)C1C(=O)C=CC=C1NP(=O)(O)O)c1cccc(O)c1. The lowest BCUT2D eigenvalue weighted by Gasteiger charge is -2.25. The van der Waals surface area contributed by atoms with Crippen LogP contribution in [0.15, 0.2) is 48.2 Å². The van der Waals surface area contributed by atoms with Gasteiger partial charge in [0, 0.05) is 11.6 Å². The van der Waals surface area contributed by atoms with Crippen molar-refractivity contribution in [3.63, 3.8) is 0 Å². The summed E-state index contributed by atoms with van der Waals surface area (Å²) < 4.78 is 11.2. The van der Waals surface area contributed by atoms with E-state index in [1.165, 1.54) is 30.4 Å². The smallest absolute Gasteiger partial charge is 0.427 e. The van der Waals surface area contributed by atoms with Crippen LogP contribution in [0.2, 0.25) is 0 Å². The maximum absolute atomic E-state index is 12.9. The Balaban J connectivity index is 2.37. The molecule has 0 aliphatic heterocycles. The quantitative estimate of drug-likeness (QED) is 0.455. The Morgan fingerprint density at radius 1 is 1.38 bits per heavy atom. The van der Waals surface area contributed by atoms with Gasteiger partial charge in [-0.1, -0.05) is 25.1 Å². The summed E-state index contributed by atoms with van der Waals surface area (Å²) >= 11 is 0. The molecule has 2 rings (SSSR count). The van der Waals surface area contributed by atoms with Gasteiger partial charge in [0.2, 0.25) is 0 Å². The van der Waals surface area contributed by atoms with Gasteiger partial charge in [0.05, 0.1) is 0 Å². The molecule has 0 amide bonds. The lowest BCUT2D eigenvalue weighted by atomic mass is 9.81. The summed E-state index contributed by atoms with van der Waals surface area (Å²) in [5.74, 6) is -3.02. The van der Waals surface area contributed by atoms with E-state index in [1.54, 1.807) is 19.1 Å². The minimum atomic E-state index is -4.65. The van der Waals surface area contributed by atoms with E-state index in [0.717, 1.165) is 0 Å². The maximum atomic E-state index is 12.9. The lowest BCUT2D eigenvalue weighted by Crippen LogP contribution is -2.35. The molecule has 1 aromatic rings. The highest BCUT2D eigenvalue weighted by Crippen LogP contribution is 2.36. The summed E-state index contributed by atoms with van der Waals surface area (Å²) in [5.41, 5.74) is 0.416. The Morgan fingerprint density at radius 2 is 2.08 bits per heavy atom. The van der Waals surface area contributed by atoms with Gasteiger partial charge < -0.3 is 14.9 Å². The molecule has 7 nitrogen and oxygen atoms in total. The van der Waals surface area contributed by atoms with E-state index < -0.39 is 31.1 Å². The van der Waals surface area contributed by atoms with E-state index in [9.17, 15) is 19.3 Å². The van der Waals surface area contributed by atoms with Crippen LogP contribution in [-0.4, -0.2) is 26.5 Å². The topological polar surface area (TPSA) is 124 Å². The van der Waals surface area contributed by atoms with Crippen LogP contribution in [-0.2, 0) is 14.2 Å². The molecule has 0 saturated heterocycles. The lowest BCUT2D eigenvalue weighted by molar-refractivity contribution is -0.130. The number of phenols is 1. The second-order valence-electron chi connectivity index (χ2n) is 5.43. The predicted octanol–water partition coefficient (Wildman–Crippen LogP) is 1.78. The Kier molecular flexibility index (Phi) is 5.39. The molecule has 24 heavy (non-hydrogen) atoms. The molecule has 1 aromatic carbocycles. The van der Waals surface area contributed by atoms with E-state index in [0.29, 0.717) is 12.0 Å². The Hall–Kier alpha value is -2.21. The zero-order valence-corrected chi connectivity index (χ0v) is 13.8. The standard InChI is InChI=1S/C16H18NO6P/c1-2-12(10-5-3-6-11(18)9-10)16(20)15-13(17-24(21,22)23)7-4-8-14(15)19/h3-9,12,15,18H,2H2,1H3,(H3,17,21,22,23). The first-order chi connectivity index (χ1) is 11.2. The monoisotopic (exact) mass is 351 g/mol. The number of rotatable bonds is 6. The van der Waals surface area contributed by atoms with Crippen molar-refractivity contribution in [1.82, 2.24) is 5.09 Å². The van der Waals surface area contributed by atoms with Gasteiger partial charge in [0.15, 0.2) is 11.6 Å². The molecule has 2 unspecified atom stereocenters. The summed E-state index contributed by atoms with van der Waals surface area (Å²) in [6, 6.07) is 6.16. The molecule has 128 valence electrons. The minimum Gasteiger partial charge on any atom is -0.508 e. The number of allylic oxidation sites excluding steroid dienone is 4. The molecule has 0 aromatic heterocycles. The van der Waals surface area contributed by atoms with E-state index in [2.05, 4.69) is 0 Å². The first-order valence-electron chi connectivity index (χ1n) is 7.31. The number of ketones is 2. The second kappa shape index (κ2) is 7.13. The van der Waals surface area contributed by atoms with Crippen molar-refractivity contribution in [2.45, 2.75) is 19.3 Å². The molecule has 1 aliphatic rings. The van der Waals surface area contributed by atoms with Gasteiger partial charge in [-0.15, -0.1) is 0 Å². The van der Waals surface area contributed by atoms with E-state index in [4.69, 9.17) is 9.79 Å². The van der Waals surface area contributed by atoms with Crippen molar-refractivity contribution < 1.29 is 29.0 Å². The van der Waals surface area contributed by atoms with Crippen molar-refractivity contribution in [1.29, 1.82) is 0 Å². The number of nitrogens with one attached hydrogen (secondary N) is 1. The van der Waals surface area contributed by atoms with Crippen LogP contribution in [0.5, 0.6) is 5.75 Å². The van der Waals surface area contributed by atoms with Gasteiger partial charge in [0.25, 0.3) is 0 Å². The largest absolute Gasteiger partial charge is 0.508 e. The minimum absolute atomic E-state index is 0.00211.